The average Bonchev–Trinajstić information content (AvgIpc) is 2.43. The second-order valence-corrected chi connectivity index (χ2v) is 6.21. The van der Waals surface area contributed by atoms with Gasteiger partial charge in [-0.3, -0.25) is 4.90 Å². The highest BCUT2D eigenvalue weighted by Crippen LogP contribution is 2.28. The molecule has 4 nitrogen and oxygen atoms in total. The van der Waals surface area contributed by atoms with Crippen LogP contribution in [0.3, 0.4) is 0 Å². The van der Waals surface area contributed by atoms with Gasteiger partial charge in [0.25, 0.3) is 0 Å². The molecule has 1 aliphatic heterocycles. The van der Waals surface area contributed by atoms with Gasteiger partial charge in [-0.05, 0) is 37.0 Å². The third-order valence-corrected chi connectivity index (χ3v) is 4.49. The molecule has 2 rings (SSSR count). The number of nitrogens with two attached hydrogens (primary N) is 1. The number of benzene rings is 1. The number of likely N-dealkylation sites (tertiary alicyclic amines) is 1. The van der Waals surface area contributed by atoms with Crippen LogP contribution in [-0.4, -0.2) is 30.1 Å². The maximum absolute atomic E-state index is 10.9. The Labute approximate surface area is 128 Å². The Bertz CT molecular complexity index is 441. The van der Waals surface area contributed by atoms with Crippen LogP contribution >= 0.6 is 15.9 Å². The smallest absolute Gasteiger partial charge is 0.312 e. The number of hydrogen-bond donors (Lipinski definition) is 2. The number of primary amides is 1. The Morgan fingerprint density at radius 1 is 1.40 bits per heavy atom. The molecule has 3 N–H and O–H groups in total. The number of hydrogen-bond acceptors (Lipinski definition) is 2. The van der Waals surface area contributed by atoms with Crippen molar-refractivity contribution in [1.82, 2.24) is 10.2 Å². The van der Waals surface area contributed by atoms with Crippen molar-refractivity contribution in [2.24, 2.45) is 5.73 Å². The van der Waals surface area contributed by atoms with E-state index in [1.807, 2.05) is 0 Å². The molecule has 1 aromatic carbocycles. The lowest BCUT2D eigenvalue weighted by atomic mass is 9.98. The largest absolute Gasteiger partial charge is 0.352 e. The number of halogens is 1. The zero-order chi connectivity index (χ0) is 14.5. The number of nitrogens with one attached hydrogen (secondary N) is 1. The minimum Gasteiger partial charge on any atom is -0.352 e. The minimum absolute atomic E-state index is 0.228. The van der Waals surface area contributed by atoms with Gasteiger partial charge in [0.05, 0.1) is 0 Å². The zero-order valence-corrected chi connectivity index (χ0v) is 13.4. The fourth-order valence-corrected chi connectivity index (χ4v) is 3.21. The van der Waals surface area contributed by atoms with Crippen molar-refractivity contribution in [2.75, 3.05) is 13.1 Å². The topological polar surface area (TPSA) is 58.4 Å². The molecule has 0 aromatic heterocycles. The summed E-state index contributed by atoms with van der Waals surface area (Å²) in [4.78, 5) is 13.4. The number of carbonyl (C=O) groups is 1. The van der Waals surface area contributed by atoms with Crippen molar-refractivity contribution in [1.29, 1.82) is 0 Å². The van der Waals surface area contributed by atoms with Crippen LogP contribution in [0, 0.1) is 0 Å². The summed E-state index contributed by atoms with van der Waals surface area (Å²) in [5.41, 5.74) is 6.54. The van der Waals surface area contributed by atoms with Crippen molar-refractivity contribution >= 4 is 22.0 Å². The van der Waals surface area contributed by atoms with Crippen LogP contribution in [0.5, 0.6) is 0 Å². The van der Waals surface area contributed by atoms with E-state index in [-0.39, 0.29) is 6.04 Å². The molecule has 20 heavy (non-hydrogen) atoms. The Kier molecular flexibility index (Phi) is 5.43. The van der Waals surface area contributed by atoms with Gasteiger partial charge in [-0.25, -0.2) is 4.79 Å². The van der Waals surface area contributed by atoms with Crippen molar-refractivity contribution in [3.8, 4) is 0 Å². The third-order valence-electron chi connectivity index (χ3n) is 3.96. The quantitative estimate of drug-likeness (QED) is 0.885. The van der Waals surface area contributed by atoms with Crippen LogP contribution < -0.4 is 11.1 Å². The Hall–Kier alpha value is -1.07. The normalized spacial score (nSPS) is 18.7. The van der Waals surface area contributed by atoms with E-state index >= 15 is 0 Å². The van der Waals surface area contributed by atoms with Crippen LogP contribution in [0.15, 0.2) is 28.7 Å². The van der Waals surface area contributed by atoms with E-state index in [1.165, 1.54) is 5.56 Å². The van der Waals surface area contributed by atoms with Gasteiger partial charge in [-0.2, -0.15) is 0 Å². The molecule has 1 aromatic rings. The van der Waals surface area contributed by atoms with E-state index in [1.54, 1.807) is 0 Å². The molecule has 0 unspecified atom stereocenters. The monoisotopic (exact) mass is 339 g/mol. The van der Waals surface area contributed by atoms with Crippen molar-refractivity contribution < 1.29 is 4.79 Å². The lowest BCUT2D eigenvalue weighted by Gasteiger charge is -2.37. The zero-order valence-electron chi connectivity index (χ0n) is 11.8. The van der Waals surface area contributed by atoms with Gasteiger partial charge in [0.15, 0.2) is 0 Å². The van der Waals surface area contributed by atoms with Crippen LogP contribution in [0.1, 0.15) is 37.8 Å². The fraction of sp³-hybridized carbons (Fsp3) is 0.533. The van der Waals surface area contributed by atoms with E-state index < -0.39 is 6.03 Å². The van der Waals surface area contributed by atoms with Gasteiger partial charge in [0.2, 0.25) is 0 Å². The molecule has 1 heterocycles. The number of carbonyl (C=O) groups excluding carboxylic acids is 1. The summed E-state index contributed by atoms with van der Waals surface area (Å²) in [5, 5.41) is 2.81. The Balaban J connectivity index is 1.96. The van der Waals surface area contributed by atoms with E-state index in [0.717, 1.165) is 36.8 Å². The SMILES string of the molecule is CC[C@H](c1ccc(Br)cc1)N1CCC(NC(N)=O)CC1. The summed E-state index contributed by atoms with van der Waals surface area (Å²) < 4.78 is 1.11. The fourth-order valence-electron chi connectivity index (χ4n) is 2.95. The van der Waals surface area contributed by atoms with E-state index in [4.69, 9.17) is 5.73 Å². The Morgan fingerprint density at radius 3 is 2.50 bits per heavy atom. The summed E-state index contributed by atoms with van der Waals surface area (Å²) in [6.07, 6.45) is 3.03. The molecule has 0 bridgehead atoms. The lowest BCUT2D eigenvalue weighted by molar-refractivity contribution is 0.141. The van der Waals surface area contributed by atoms with Crippen LogP contribution in [0.4, 0.5) is 4.79 Å². The molecule has 110 valence electrons. The summed E-state index contributed by atoms with van der Waals surface area (Å²) in [6, 6.07) is 8.84. The molecule has 1 fully saturated rings. The number of urea groups is 1. The van der Waals surface area contributed by atoms with E-state index in [9.17, 15) is 4.79 Å². The first-order valence-corrected chi connectivity index (χ1v) is 7.95. The molecule has 0 aliphatic carbocycles. The highest BCUT2D eigenvalue weighted by Gasteiger charge is 2.25. The van der Waals surface area contributed by atoms with Gasteiger partial charge in [0, 0.05) is 29.6 Å². The Morgan fingerprint density at radius 2 is 2.00 bits per heavy atom. The summed E-state index contributed by atoms with van der Waals surface area (Å²) in [5.74, 6) is 0. The molecule has 1 saturated heterocycles. The first-order valence-electron chi connectivity index (χ1n) is 7.15. The lowest BCUT2D eigenvalue weighted by Crippen LogP contribution is -2.47. The van der Waals surface area contributed by atoms with Crippen molar-refractivity contribution in [3.05, 3.63) is 34.3 Å². The third kappa shape index (κ3) is 3.96. The standard InChI is InChI=1S/C15H22BrN3O/c1-2-14(11-3-5-12(16)6-4-11)19-9-7-13(8-10-19)18-15(17)20/h3-6,13-14H,2,7-10H2,1H3,(H3,17,18,20)/t14-/m1/s1. The molecule has 1 atom stereocenters. The molecule has 5 heteroatoms. The molecule has 0 saturated carbocycles. The number of amides is 2. The average molecular weight is 340 g/mol. The van der Waals surface area contributed by atoms with Crippen molar-refractivity contribution in [3.63, 3.8) is 0 Å². The second kappa shape index (κ2) is 7.09. The molecule has 0 radical (unpaired) electrons. The van der Waals surface area contributed by atoms with Crippen LogP contribution in [0.25, 0.3) is 0 Å². The van der Waals surface area contributed by atoms with Crippen LogP contribution in [0.2, 0.25) is 0 Å². The summed E-state index contributed by atoms with van der Waals surface area (Å²) in [6.45, 7) is 4.22. The van der Waals surface area contributed by atoms with Gasteiger partial charge in [0.1, 0.15) is 0 Å². The molecule has 0 spiro atoms. The first kappa shape index (κ1) is 15.3. The second-order valence-electron chi connectivity index (χ2n) is 5.29. The van der Waals surface area contributed by atoms with Gasteiger partial charge in [-0.15, -0.1) is 0 Å². The predicted octanol–water partition coefficient (Wildman–Crippen LogP) is 3.03. The van der Waals surface area contributed by atoms with Crippen molar-refractivity contribution in [2.45, 2.75) is 38.3 Å². The molecular weight excluding hydrogens is 318 g/mol. The minimum atomic E-state index is -0.414. The molecule has 2 amide bonds. The first-order chi connectivity index (χ1) is 9.60. The summed E-state index contributed by atoms with van der Waals surface area (Å²) >= 11 is 3.48. The highest BCUT2D eigenvalue weighted by molar-refractivity contribution is 9.10. The van der Waals surface area contributed by atoms with Gasteiger partial charge >= 0.3 is 6.03 Å². The molecule has 1 aliphatic rings. The van der Waals surface area contributed by atoms with E-state index in [2.05, 4.69) is 57.3 Å². The maximum atomic E-state index is 10.9. The van der Waals surface area contributed by atoms with Gasteiger partial charge < -0.3 is 11.1 Å². The van der Waals surface area contributed by atoms with E-state index in [0.29, 0.717) is 6.04 Å². The predicted molar refractivity (Wildman–Crippen MR) is 84.5 cm³/mol. The number of rotatable bonds is 4. The highest BCUT2D eigenvalue weighted by atomic mass is 79.9. The number of piperidine rings is 1. The number of nitrogens with zero attached hydrogens (tertiary/aromatic N) is 1. The summed E-state index contributed by atoms with van der Waals surface area (Å²) in [7, 11) is 0. The van der Waals surface area contributed by atoms with Gasteiger partial charge in [-0.1, -0.05) is 35.0 Å². The van der Waals surface area contributed by atoms with Crippen LogP contribution in [-0.2, 0) is 0 Å². The maximum Gasteiger partial charge on any atom is 0.312 e. The molecular formula is C15H22BrN3O.